The van der Waals surface area contributed by atoms with Crippen LogP contribution in [0.5, 0.6) is 0 Å². The summed E-state index contributed by atoms with van der Waals surface area (Å²) in [5.41, 5.74) is 4.44. The van der Waals surface area contributed by atoms with Gasteiger partial charge in [0.25, 0.3) is 0 Å². The van der Waals surface area contributed by atoms with Gasteiger partial charge in [0.05, 0.1) is 0 Å². The molecule has 106 valence electrons. The maximum atomic E-state index is 3.83. The molecule has 0 spiro atoms. The van der Waals surface area contributed by atoms with Crippen LogP contribution in [0.4, 0.5) is 0 Å². The van der Waals surface area contributed by atoms with Gasteiger partial charge in [0.15, 0.2) is 0 Å². The van der Waals surface area contributed by atoms with Crippen LogP contribution in [0.1, 0.15) is 36.1 Å². The first-order valence-electron chi connectivity index (χ1n) is 7.24. The van der Waals surface area contributed by atoms with E-state index in [-0.39, 0.29) is 12.4 Å². The van der Waals surface area contributed by atoms with Gasteiger partial charge in [-0.3, -0.25) is 0 Å². The molecule has 0 aromatic heterocycles. The second-order valence-corrected chi connectivity index (χ2v) is 5.41. The van der Waals surface area contributed by atoms with Crippen LogP contribution in [-0.4, -0.2) is 6.04 Å². The summed E-state index contributed by atoms with van der Waals surface area (Å²) < 4.78 is 0. The Morgan fingerprint density at radius 2 is 1.50 bits per heavy atom. The van der Waals surface area contributed by atoms with Gasteiger partial charge >= 0.3 is 0 Å². The van der Waals surface area contributed by atoms with E-state index in [4.69, 9.17) is 0 Å². The Morgan fingerprint density at radius 1 is 0.950 bits per heavy atom. The maximum absolute atomic E-state index is 3.83. The molecule has 0 saturated heterocycles. The van der Waals surface area contributed by atoms with Crippen LogP contribution in [0.25, 0.3) is 0 Å². The first kappa shape index (κ1) is 15.1. The predicted molar refractivity (Wildman–Crippen MR) is 87.5 cm³/mol. The molecule has 2 aromatic rings. The van der Waals surface area contributed by atoms with E-state index in [0.717, 1.165) is 6.42 Å². The van der Waals surface area contributed by atoms with E-state index in [9.17, 15) is 0 Å². The Hall–Kier alpha value is -1.31. The Labute approximate surface area is 127 Å². The molecule has 1 aliphatic carbocycles. The third-order valence-corrected chi connectivity index (χ3v) is 4.10. The molecule has 0 fully saturated rings. The highest BCUT2D eigenvalue weighted by molar-refractivity contribution is 5.85. The van der Waals surface area contributed by atoms with Crippen molar-refractivity contribution in [2.75, 3.05) is 0 Å². The highest BCUT2D eigenvalue weighted by Gasteiger charge is 2.23. The quantitative estimate of drug-likeness (QED) is 0.883. The molecule has 2 aromatic carbocycles. The van der Waals surface area contributed by atoms with Gasteiger partial charge in [0, 0.05) is 12.1 Å². The van der Waals surface area contributed by atoms with Gasteiger partial charge in [-0.05, 0) is 36.0 Å². The second-order valence-electron chi connectivity index (χ2n) is 5.41. The zero-order chi connectivity index (χ0) is 13.1. The SMILES string of the molecule is CCC(NC1Cc2ccccc2C1)c1ccccc1.Cl. The molecule has 20 heavy (non-hydrogen) atoms. The van der Waals surface area contributed by atoms with E-state index in [1.807, 2.05) is 0 Å². The highest BCUT2D eigenvalue weighted by Crippen LogP contribution is 2.25. The van der Waals surface area contributed by atoms with Crippen LogP contribution < -0.4 is 5.32 Å². The van der Waals surface area contributed by atoms with Crippen molar-refractivity contribution in [2.24, 2.45) is 0 Å². The molecule has 2 heteroatoms. The summed E-state index contributed by atoms with van der Waals surface area (Å²) in [5.74, 6) is 0. The molecule has 1 atom stereocenters. The van der Waals surface area contributed by atoms with Crippen molar-refractivity contribution >= 4 is 12.4 Å². The summed E-state index contributed by atoms with van der Waals surface area (Å²) in [5, 5.41) is 3.83. The average molecular weight is 288 g/mol. The molecule has 3 rings (SSSR count). The lowest BCUT2D eigenvalue weighted by atomic mass is 10.0. The summed E-state index contributed by atoms with van der Waals surface area (Å²) in [6, 6.07) is 20.7. The van der Waals surface area contributed by atoms with E-state index in [2.05, 4.69) is 66.8 Å². The van der Waals surface area contributed by atoms with Crippen LogP contribution >= 0.6 is 12.4 Å². The molecule has 1 unspecified atom stereocenters. The molecule has 0 aliphatic heterocycles. The molecule has 0 radical (unpaired) electrons. The van der Waals surface area contributed by atoms with E-state index < -0.39 is 0 Å². The van der Waals surface area contributed by atoms with Crippen molar-refractivity contribution in [3.63, 3.8) is 0 Å². The standard InChI is InChI=1S/C18H21N.ClH/c1-2-18(14-8-4-3-5-9-14)19-17-12-15-10-6-7-11-16(15)13-17;/h3-11,17-19H,2,12-13H2,1H3;1H. The van der Waals surface area contributed by atoms with Gasteiger partial charge in [0.2, 0.25) is 0 Å². The summed E-state index contributed by atoms with van der Waals surface area (Å²) in [7, 11) is 0. The summed E-state index contributed by atoms with van der Waals surface area (Å²) in [6.07, 6.45) is 3.47. The summed E-state index contributed by atoms with van der Waals surface area (Å²) in [4.78, 5) is 0. The number of fused-ring (bicyclic) bond motifs is 1. The van der Waals surface area contributed by atoms with Crippen molar-refractivity contribution in [3.8, 4) is 0 Å². The monoisotopic (exact) mass is 287 g/mol. The average Bonchev–Trinajstić information content (AvgIpc) is 2.88. The fraction of sp³-hybridized carbons (Fsp3) is 0.333. The molecule has 0 amide bonds. The van der Waals surface area contributed by atoms with Crippen molar-refractivity contribution in [2.45, 2.75) is 38.3 Å². The number of rotatable bonds is 4. The van der Waals surface area contributed by atoms with Crippen molar-refractivity contribution in [1.82, 2.24) is 5.32 Å². The first-order valence-corrected chi connectivity index (χ1v) is 7.24. The largest absolute Gasteiger partial charge is 0.307 e. The number of benzene rings is 2. The molecule has 0 saturated carbocycles. The lowest BCUT2D eigenvalue weighted by molar-refractivity contribution is 0.435. The van der Waals surface area contributed by atoms with Crippen molar-refractivity contribution in [3.05, 3.63) is 71.3 Å². The Balaban J connectivity index is 0.00000147. The fourth-order valence-corrected chi connectivity index (χ4v) is 3.10. The van der Waals surface area contributed by atoms with E-state index >= 15 is 0 Å². The van der Waals surface area contributed by atoms with Gasteiger partial charge in [-0.15, -0.1) is 12.4 Å². The number of hydrogen-bond donors (Lipinski definition) is 1. The first-order chi connectivity index (χ1) is 9.36. The maximum Gasteiger partial charge on any atom is 0.0320 e. The molecular formula is C18H22ClN. The summed E-state index contributed by atoms with van der Waals surface area (Å²) in [6.45, 7) is 2.26. The molecule has 1 nitrogen and oxygen atoms in total. The molecule has 1 aliphatic rings. The lowest BCUT2D eigenvalue weighted by Crippen LogP contribution is -2.33. The zero-order valence-corrected chi connectivity index (χ0v) is 12.7. The molecular weight excluding hydrogens is 266 g/mol. The lowest BCUT2D eigenvalue weighted by Gasteiger charge is -2.22. The smallest absolute Gasteiger partial charge is 0.0320 e. The van der Waals surface area contributed by atoms with Crippen LogP contribution in [0.15, 0.2) is 54.6 Å². The molecule has 0 heterocycles. The summed E-state index contributed by atoms with van der Waals surface area (Å²) >= 11 is 0. The fourth-order valence-electron chi connectivity index (χ4n) is 3.10. The second kappa shape index (κ2) is 6.92. The van der Waals surface area contributed by atoms with Gasteiger partial charge in [-0.1, -0.05) is 61.5 Å². The van der Waals surface area contributed by atoms with Crippen LogP contribution in [0.3, 0.4) is 0 Å². The molecule has 0 bridgehead atoms. The third kappa shape index (κ3) is 3.23. The number of halogens is 1. The van der Waals surface area contributed by atoms with E-state index in [0.29, 0.717) is 12.1 Å². The van der Waals surface area contributed by atoms with Gasteiger partial charge in [0.1, 0.15) is 0 Å². The molecule has 1 N–H and O–H groups in total. The topological polar surface area (TPSA) is 12.0 Å². The minimum absolute atomic E-state index is 0. The normalized spacial score (nSPS) is 15.4. The third-order valence-electron chi connectivity index (χ3n) is 4.10. The van der Waals surface area contributed by atoms with Gasteiger partial charge in [-0.2, -0.15) is 0 Å². The van der Waals surface area contributed by atoms with E-state index in [1.165, 1.54) is 29.5 Å². The minimum atomic E-state index is 0. The minimum Gasteiger partial charge on any atom is -0.307 e. The Bertz CT molecular complexity index is 513. The van der Waals surface area contributed by atoms with Crippen molar-refractivity contribution < 1.29 is 0 Å². The predicted octanol–water partition coefficient (Wildman–Crippen LogP) is 4.32. The van der Waals surface area contributed by atoms with Crippen LogP contribution in [0, 0.1) is 0 Å². The van der Waals surface area contributed by atoms with Crippen molar-refractivity contribution in [1.29, 1.82) is 0 Å². The number of hydrogen-bond acceptors (Lipinski definition) is 1. The van der Waals surface area contributed by atoms with E-state index in [1.54, 1.807) is 0 Å². The highest BCUT2D eigenvalue weighted by atomic mass is 35.5. The van der Waals surface area contributed by atoms with Gasteiger partial charge < -0.3 is 5.32 Å². The zero-order valence-electron chi connectivity index (χ0n) is 11.9. The van der Waals surface area contributed by atoms with Crippen LogP contribution in [0.2, 0.25) is 0 Å². The Kier molecular flexibility index (Phi) is 5.22. The number of nitrogens with one attached hydrogen (secondary N) is 1. The van der Waals surface area contributed by atoms with Gasteiger partial charge in [-0.25, -0.2) is 0 Å². The van der Waals surface area contributed by atoms with Crippen LogP contribution in [-0.2, 0) is 12.8 Å². The Morgan fingerprint density at radius 3 is 2.05 bits per heavy atom.